The predicted octanol–water partition coefficient (Wildman–Crippen LogP) is 3.03. The molecule has 3 aromatic heterocycles. The molecular weight excluding hydrogens is 302 g/mol. The van der Waals surface area contributed by atoms with Crippen LogP contribution in [0.1, 0.15) is 15.4 Å². The van der Waals surface area contributed by atoms with Crippen LogP contribution in [0.4, 0.5) is 0 Å². The van der Waals surface area contributed by atoms with Crippen molar-refractivity contribution in [3.63, 3.8) is 0 Å². The molecule has 22 heavy (non-hydrogen) atoms. The van der Waals surface area contributed by atoms with Crippen LogP contribution < -0.4 is 4.74 Å². The molecular formula is C15H13N3O3S. The highest BCUT2D eigenvalue weighted by Gasteiger charge is 2.22. The Kier molecular flexibility index (Phi) is 3.64. The molecule has 112 valence electrons. The number of fused-ring (bicyclic) bond motifs is 1. The number of carboxylic acids is 1. The van der Waals surface area contributed by atoms with Crippen LogP contribution in [-0.2, 0) is 0 Å². The Balaban J connectivity index is 2.16. The normalized spacial score (nSPS) is 10.8. The van der Waals surface area contributed by atoms with Gasteiger partial charge >= 0.3 is 5.97 Å². The molecule has 0 aromatic carbocycles. The minimum absolute atomic E-state index is 0.0755. The maximum Gasteiger partial charge on any atom is 0.351 e. The average Bonchev–Trinajstić information content (AvgIpc) is 3.04. The molecule has 7 heteroatoms. The molecule has 0 fully saturated rings. The Labute approximate surface area is 130 Å². The first-order valence-corrected chi connectivity index (χ1v) is 7.35. The summed E-state index contributed by atoms with van der Waals surface area (Å²) in [5.74, 6) is -0.945. The minimum Gasteiger partial charge on any atom is -0.477 e. The van der Waals surface area contributed by atoms with E-state index < -0.39 is 5.97 Å². The van der Waals surface area contributed by atoms with Gasteiger partial charge < -0.3 is 9.84 Å². The van der Waals surface area contributed by atoms with Crippen LogP contribution in [0, 0.1) is 6.92 Å². The molecule has 1 N–H and O–H groups in total. The summed E-state index contributed by atoms with van der Waals surface area (Å²) in [6.07, 6.45) is 3.39. The van der Waals surface area contributed by atoms with E-state index in [1.54, 1.807) is 10.6 Å². The summed E-state index contributed by atoms with van der Waals surface area (Å²) in [4.78, 5) is 15.8. The van der Waals surface area contributed by atoms with Gasteiger partial charge in [-0.05, 0) is 19.1 Å². The second-order valence-electron chi connectivity index (χ2n) is 4.55. The van der Waals surface area contributed by atoms with E-state index in [2.05, 4.69) is 16.7 Å². The first-order valence-electron chi connectivity index (χ1n) is 6.54. The Morgan fingerprint density at radius 2 is 2.36 bits per heavy atom. The van der Waals surface area contributed by atoms with Gasteiger partial charge in [-0.25, -0.2) is 14.3 Å². The highest BCUT2D eigenvalue weighted by Crippen LogP contribution is 2.36. The second-order valence-corrected chi connectivity index (χ2v) is 5.55. The second kappa shape index (κ2) is 5.61. The molecule has 0 aliphatic heterocycles. The number of pyridine rings is 1. The van der Waals surface area contributed by atoms with Crippen molar-refractivity contribution in [3.05, 3.63) is 47.6 Å². The third-order valence-corrected chi connectivity index (χ3v) is 4.10. The van der Waals surface area contributed by atoms with E-state index >= 15 is 0 Å². The van der Waals surface area contributed by atoms with Crippen LogP contribution in [0.3, 0.4) is 0 Å². The molecule has 0 aliphatic carbocycles. The molecule has 0 saturated heterocycles. The van der Waals surface area contributed by atoms with E-state index in [1.807, 2.05) is 31.3 Å². The van der Waals surface area contributed by atoms with Crippen molar-refractivity contribution in [3.8, 4) is 16.5 Å². The number of thiazole rings is 1. The molecule has 0 amide bonds. The lowest BCUT2D eigenvalue weighted by Gasteiger charge is -1.98. The first-order chi connectivity index (χ1) is 10.6. The fraction of sp³-hybridized carbons (Fsp3) is 0.133. The van der Waals surface area contributed by atoms with Gasteiger partial charge in [0.15, 0.2) is 4.88 Å². The maximum absolute atomic E-state index is 11.4. The Morgan fingerprint density at radius 1 is 1.55 bits per heavy atom. The molecule has 3 rings (SSSR count). The van der Waals surface area contributed by atoms with Crippen molar-refractivity contribution in [2.24, 2.45) is 0 Å². The molecule has 3 aromatic rings. The standard InChI is InChI=1S/C15H13N3O3S/c1-3-8-21-13-12(15(19)20)22-14(16-13)11-9(2)17-18-7-5-4-6-10(11)18/h3-7H,1,8H2,2H3,(H,19,20). The minimum atomic E-state index is -1.06. The predicted molar refractivity (Wildman–Crippen MR) is 83.7 cm³/mol. The zero-order chi connectivity index (χ0) is 15.7. The summed E-state index contributed by atoms with van der Waals surface area (Å²) < 4.78 is 7.10. The number of hydrogen-bond donors (Lipinski definition) is 1. The lowest BCUT2D eigenvalue weighted by Crippen LogP contribution is -2.00. The Morgan fingerprint density at radius 3 is 3.09 bits per heavy atom. The van der Waals surface area contributed by atoms with Crippen LogP contribution in [0.5, 0.6) is 5.88 Å². The van der Waals surface area contributed by atoms with E-state index in [0.29, 0.717) is 5.01 Å². The zero-order valence-electron chi connectivity index (χ0n) is 11.8. The largest absolute Gasteiger partial charge is 0.477 e. The number of hydrogen-bond acceptors (Lipinski definition) is 5. The summed E-state index contributed by atoms with van der Waals surface area (Å²) in [5, 5.41) is 14.3. The molecule has 0 saturated carbocycles. The maximum atomic E-state index is 11.4. The Bertz CT molecular complexity index is 866. The van der Waals surface area contributed by atoms with Gasteiger partial charge in [0.1, 0.15) is 11.6 Å². The summed E-state index contributed by atoms with van der Waals surface area (Å²) in [6.45, 7) is 5.63. The molecule has 0 atom stereocenters. The van der Waals surface area contributed by atoms with Crippen LogP contribution in [0.2, 0.25) is 0 Å². The molecule has 0 spiro atoms. The zero-order valence-corrected chi connectivity index (χ0v) is 12.6. The van der Waals surface area contributed by atoms with Gasteiger partial charge in [-0.15, -0.1) is 11.3 Å². The fourth-order valence-corrected chi connectivity index (χ4v) is 3.12. The van der Waals surface area contributed by atoms with E-state index in [1.165, 1.54) is 0 Å². The van der Waals surface area contributed by atoms with Crippen LogP contribution >= 0.6 is 11.3 Å². The number of ether oxygens (including phenoxy) is 1. The number of aromatic nitrogens is 3. The van der Waals surface area contributed by atoms with Crippen molar-refractivity contribution < 1.29 is 14.6 Å². The third kappa shape index (κ3) is 2.35. The summed E-state index contributed by atoms with van der Waals surface area (Å²) in [5.41, 5.74) is 2.48. The van der Waals surface area contributed by atoms with Gasteiger partial charge in [0.05, 0.1) is 16.8 Å². The molecule has 0 bridgehead atoms. The highest BCUT2D eigenvalue weighted by atomic mass is 32.1. The average molecular weight is 315 g/mol. The lowest BCUT2D eigenvalue weighted by atomic mass is 10.2. The van der Waals surface area contributed by atoms with E-state index in [9.17, 15) is 9.90 Å². The quantitative estimate of drug-likeness (QED) is 0.732. The topological polar surface area (TPSA) is 76.7 Å². The van der Waals surface area contributed by atoms with Gasteiger partial charge in [-0.1, -0.05) is 18.7 Å². The SMILES string of the molecule is C=CCOc1nc(-c2c(C)nn3ccccc23)sc1C(=O)O. The lowest BCUT2D eigenvalue weighted by molar-refractivity contribution is 0.0698. The van der Waals surface area contributed by atoms with Crippen molar-refractivity contribution in [2.75, 3.05) is 6.61 Å². The van der Waals surface area contributed by atoms with Crippen molar-refractivity contribution >= 4 is 22.8 Å². The first kappa shape index (κ1) is 14.3. The Hall–Kier alpha value is -2.67. The van der Waals surface area contributed by atoms with E-state index in [0.717, 1.165) is 28.1 Å². The van der Waals surface area contributed by atoms with E-state index in [-0.39, 0.29) is 17.4 Å². The summed E-state index contributed by atoms with van der Waals surface area (Å²) in [7, 11) is 0. The van der Waals surface area contributed by atoms with Gasteiger partial charge in [0.25, 0.3) is 0 Å². The number of carboxylic acid groups (broad SMARTS) is 1. The number of aromatic carboxylic acids is 1. The summed E-state index contributed by atoms with van der Waals surface area (Å²) in [6, 6.07) is 5.70. The van der Waals surface area contributed by atoms with Crippen molar-refractivity contribution in [1.29, 1.82) is 0 Å². The number of aryl methyl sites for hydroxylation is 1. The molecule has 6 nitrogen and oxygen atoms in total. The van der Waals surface area contributed by atoms with Crippen LogP contribution in [0.15, 0.2) is 37.1 Å². The summed E-state index contributed by atoms with van der Waals surface area (Å²) >= 11 is 1.08. The van der Waals surface area contributed by atoms with Crippen molar-refractivity contribution in [1.82, 2.24) is 14.6 Å². The van der Waals surface area contributed by atoms with Gasteiger partial charge in [-0.3, -0.25) is 0 Å². The molecule has 3 heterocycles. The third-order valence-electron chi connectivity index (χ3n) is 3.06. The molecule has 0 radical (unpaired) electrons. The smallest absolute Gasteiger partial charge is 0.351 e. The highest BCUT2D eigenvalue weighted by molar-refractivity contribution is 7.17. The van der Waals surface area contributed by atoms with E-state index in [4.69, 9.17) is 4.74 Å². The fourth-order valence-electron chi connectivity index (χ4n) is 2.16. The van der Waals surface area contributed by atoms with Crippen LogP contribution in [0.25, 0.3) is 16.1 Å². The van der Waals surface area contributed by atoms with Gasteiger partial charge in [-0.2, -0.15) is 5.10 Å². The van der Waals surface area contributed by atoms with Gasteiger partial charge in [0, 0.05) is 6.20 Å². The number of nitrogens with zero attached hydrogens (tertiary/aromatic N) is 3. The van der Waals surface area contributed by atoms with Gasteiger partial charge in [0.2, 0.25) is 5.88 Å². The number of carbonyl (C=O) groups is 1. The molecule has 0 unspecified atom stereocenters. The van der Waals surface area contributed by atoms with Crippen LogP contribution in [-0.4, -0.2) is 32.3 Å². The number of rotatable bonds is 5. The van der Waals surface area contributed by atoms with Crippen molar-refractivity contribution in [2.45, 2.75) is 6.92 Å². The molecule has 0 aliphatic rings. The monoisotopic (exact) mass is 315 g/mol.